The van der Waals surface area contributed by atoms with Crippen LogP contribution in [0.3, 0.4) is 0 Å². The summed E-state index contributed by atoms with van der Waals surface area (Å²) in [7, 11) is 0. The maximum absolute atomic E-state index is 5.48. The number of aromatic amines is 1. The standard InChI is InChI=1S/C18H20N4S2/c1-12-3-5-14(6-4-12)17-19-18(23)22(20-17)11-21-9-7-16-15(13(21)2)8-10-24-16/h3-6,8,10,13H,7,9,11H2,1-2H3,(H,19,20,23)/p+1/t13-/m0/s1. The van der Waals surface area contributed by atoms with E-state index < -0.39 is 0 Å². The van der Waals surface area contributed by atoms with Gasteiger partial charge in [0.15, 0.2) is 12.5 Å². The van der Waals surface area contributed by atoms with Gasteiger partial charge in [-0.3, -0.25) is 5.10 Å². The SMILES string of the molecule is Cc1ccc(-c2nc(=S)n(C[NH+]3CCc4sccc4[C@@H]3C)[nH]2)cc1. The van der Waals surface area contributed by atoms with E-state index in [1.807, 2.05) is 16.0 Å². The van der Waals surface area contributed by atoms with Gasteiger partial charge < -0.3 is 4.90 Å². The zero-order valence-electron chi connectivity index (χ0n) is 13.9. The monoisotopic (exact) mass is 357 g/mol. The van der Waals surface area contributed by atoms with Gasteiger partial charge in [-0.15, -0.1) is 11.3 Å². The largest absolute Gasteiger partial charge is 0.310 e. The van der Waals surface area contributed by atoms with Crippen molar-refractivity contribution in [3.63, 3.8) is 0 Å². The van der Waals surface area contributed by atoms with Crippen LogP contribution in [0.5, 0.6) is 0 Å². The summed E-state index contributed by atoms with van der Waals surface area (Å²) in [6.07, 6.45) is 1.15. The van der Waals surface area contributed by atoms with Gasteiger partial charge in [0.1, 0.15) is 6.04 Å². The lowest BCUT2D eigenvalue weighted by Crippen LogP contribution is -3.12. The third-order valence-corrected chi connectivity index (χ3v) is 6.21. The number of benzene rings is 1. The Balaban J connectivity index is 1.58. The molecule has 1 aromatic carbocycles. The topological polar surface area (TPSA) is 38.0 Å². The summed E-state index contributed by atoms with van der Waals surface area (Å²) < 4.78 is 2.63. The van der Waals surface area contributed by atoms with Crippen molar-refractivity contribution in [2.75, 3.05) is 6.54 Å². The number of nitrogens with one attached hydrogen (secondary N) is 2. The van der Waals surface area contributed by atoms with Gasteiger partial charge in [-0.2, -0.15) is 4.98 Å². The first-order valence-corrected chi connectivity index (χ1v) is 9.55. The number of quaternary nitrogens is 1. The molecule has 0 saturated carbocycles. The van der Waals surface area contributed by atoms with E-state index in [0.29, 0.717) is 10.8 Å². The van der Waals surface area contributed by atoms with Crippen molar-refractivity contribution in [2.45, 2.75) is 33.0 Å². The number of thiophene rings is 1. The van der Waals surface area contributed by atoms with Crippen molar-refractivity contribution in [3.8, 4) is 11.4 Å². The summed E-state index contributed by atoms with van der Waals surface area (Å²) in [5.41, 5.74) is 3.81. The highest BCUT2D eigenvalue weighted by molar-refractivity contribution is 7.71. The van der Waals surface area contributed by atoms with Gasteiger partial charge in [-0.05, 0) is 37.5 Å². The van der Waals surface area contributed by atoms with Crippen LogP contribution in [0.2, 0.25) is 0 Å². The Morgan fingerprint density at radius 2 is 2.12 bits per heavy atom. The lowest BCUT2D eigenvalue weighted by molar-refractivity contribution is -0.954. The third kappa shape index (κ3) is 2.85. The molecule has 6 heteroatoms. The second-order valence-electron chi connectivity index (χ2n) is 6.49. The second kappa shape index (κ2) is 6.27. The highest BCUT2D eigenvalue weighted by Gasteiger charge is 2.28. The van der Waals surface area contributed by atoms with Gasteiger partial charge in [0.05, 0.1) is 6.54 Å². The second-order valence-corrected chi connectivity index (χ2v) is 7.85. The molecule has 1 unspecified atom stereocenters. The quantitative estimate of drug-likeness (QED) is 0.707. The van der Waals surface area contributed by atoms with Crippen molar-refractivity contribution in [3.05, 3.63) is 56.5 Å². The minimum absolute atomic E-state index is 0.494. The minimum atomic E-state index is 0.494. The van der Waals surface area contributed by atoms with Crippen LogP contribution in [-0.4, -0.2) is 21.3 Å². The average molecular weight is 358 g/mol. The van der Waals surface area contributed by atoms with E-state index in [2.05, 4.69) is 59.6 Å². The van der Waals surface area contributed by atoms with Gasteiger partial charge >= 0.3 is 0 Å². The van der Waals surface area contributed by atoms with Gasteiger partial charge in [0, 0.05) is 22.4 Å². The Hall–Kier alpha value is -1.76. The summed E-state index contributed by atoms with van der Waals surface area (Å²) in [6, 6.07) is 11.1. The molecule has 1 aliphatic heterocycles. The summed E-state index contributed by atoms with van der Waals surface area (Å²) in [6.45, 7) is 6.36. The van der Waals surface area contributed by atoms with Crippen LogP contribution in [0.25, 0.3) is 11.4 Å². The molecule has 2 aromatic heterocycles. The molecule has 0 radical (unpaired) electrons. The van der Waals surface area contributed by atoms with E-state index >= 15 is 0 Å². The molecule has 24 heavy (non-hydrogen) atoms. The lowest BCUT2D eigenvalue weighted by atomic mass is 10.0. The molecule has 0 fully saturated rings. The number of hydrogen-bond donors (Lipinski definition) is 2. The van der Waals surface area contributed by atoms with E-state index in [1.54, 1.807) is 4.88 Å². The Bertz CT molecular complexity index is 904. The molecule has 0 spiro atoms. The molecule has 1 aliphatic rings. The Morgan fingerprint density at radius 1 is 1.33 bits per heavy atom. The summed E-state index contributed by atoms with van der Waals surface area (Å²) in [4.78, 5) is 7.61. The van der Waals surface area contributed by atoms with Crippen LogP contribution >= 0.6 is 23.6 Å². The molecular formula is C18H21N4S2+. The number of nitrogens with zero attached hydrogens (tertiary/aromatic N) is 2. The van der Waals surface area contributed by atoms with Crippen LogP contribution in [0, 0.1) is 11.7 Å². The number of aryl methyl sites for hydroxylation is 1. The molecule has 0 aliphatic carbocycles. The molecule has 0 bridgehead atoms. The number of fused-ring (bicyclic) bond motifs is 1. The fourth-order valence-corrected chi connectivity index (χ4v) is 4.55. The molecule has 3 aromatic rings. The third-order valence-electron chi connectivity index (χ3n) is 4.90. The molecule has 124 valence electrons. The normalized spacial score (nSPS) is 20.1. The van der Waals surface area contributed by atoms with Gasteiger partial charge in [0.2, 0.25) is 4.77 Å². The highest BCUT2D eigenvalue weighted by atomic mass is 32.1. The maximum atomic E-state index is 5.48. The van der Waals surface area contributed by atoms with Crippen molar-refractivity contribution in [2.24, 2.45) is 0 Å². The first-order chi connectivity index (χ1) is 11.6. The van der Waals surface area contributed by atoms with Crippen molar-refractivity contribution >= 4 is 23.6 Å². The molecule has 2 atom stereocenters. The molecule has 2 N–H and O–H groups in total. The number of H-pyrrole nitrogens is 1. The van der Waals surface area contributed by atoms with Crippen molar-refractivity contribution in [1.82, 2.24) is 14.8 Å². The van der Waals surface area contributed by atoms with E-state index in [1.165, 1.54) is 16.0 Å². The van der Waals surface area contributed by atoms with E-state index in [0.717, 1.165) is 31.0 Å². The summed E-state index contributed by atoms with van der Waals surface area (Å²) in [5, 5.41) is 5.60. The summed E-state index contributed by atoms with van der Waals surface area (Å²) >= 11 is 7.36. The zero-order chi connectivity index (χ0) is 16.7. The minimum Gasteiger partial charge on any atom is -0.310 e. The maximum Gasteiger partial charge on any atom is 0.221 e. The van der Waals surface area contributed by atoms with Crippen LogP contribution in [-0.2, 0) is 13.1 Å². The predicted octanol–water partition coefficient (Wildman–Crippen LogP) is 3.14. The fraction of sp³-hybridized carbons (Fsp3) is 0.333. The van der Waals surface area contributed by atoms with Crippen LogP contribution in [0.4, 0.5) is 0 Å². The van der Waals surface area contributed by atoms with Gasteiger partial charge in [0.25, 0.3) is 0 Å². The molecule has 0 saturated heterocycles. The smallest absolute Gasteiger partial charge is 0.221 e. The number of rotatable bonds is 3. The van der Waals surface area contributed by atoms with Gasteiger partial charge in [-0.1, -0.05) is 29.8 Å². The van der Waals surface area contributed by atoms with E-state index in [4.69, 9.17) is 12.2 Å². The number of aromatic nitrogens is 3. The van der Waals surface area contributed by atoms with Crippen molar-refractivity contribution < 1.29 is 4.90 Å². The summed E-state index contributed by atoms with van der Waals surface area (Å²) in [5.74, 6) is 0.847. The van der Waals surface area contributed by atoms with Crippen LogP contribution in [0.1, 0.15) is 29.0 Å². The zero-order valence-corrected chi connectivity index (χ0v) is 15.5. The Labute approximate surface area is 150 Å². The van der Waals surface area contributed by atoms with Gasteiger partial charge in [-0.25, -0.2) is 4.68 Å². The lowest BCUT2D eigenvalue weighted by Gasteiger charge is -2.30. The molecular weight excluding hydrogens is 336 g/mol. The fourth-order valence-electron chi connectivity index (χ4n) is 3.37. The first-order valence-electron chi connectivity index (χ1n) is 8.26. The molecule has 3 heterocycles. The Morgan fingerprint density at radius 3 is 2.92 bits per heavy atom. The average Bonchev–Trinajstić information content (AvgIpc) is 3.18. The Kier molecular flexibility index (Phi) is 4.12. The molecule has 0 amide bonds. The predicted molar refractivity (Wildman–Crippen MR) is 99.9 cm³/mol. The van der Waals surface area contributed by atoms with E-state index in [9.17, 15) is 0 Å². The molecule has 4 nitrogen and oxygen atoms in total. The van der Waals surface area contributed by atoms with Crippen LogP contribution < -0.4 is 4.90 Å². The van der Waals surface area contributed by atoms with Crippen molar-refractivity contribution in [1.29, 1.82) is 0 Å². The van der Waals surface area contributed by atoms with E-state index in [-0.39, 0.29) is 0 Å². The molecule has 4 rings (SSSR count). The number of hydrogen-bond acceptors (Lipinski definition) is 3. The van der Waals surface area contributed by atoms with Crippen LogP contribution in [0.15, 0.2) is 35.7 Å². The first kappa shape index (κ1) is 15.7. The highest BCUT2D eigenvalue weighted by Crippen LogP contribution is 2.24.